The lowest BCUT2D eigenvalue weighted by Crippen LogP contribution is -2.30. The monoisotopic (exact) mass is 444 g/mol. The van der Waals surface area contributed by atoms with Gasteiger partial charge < -0.3 is 9.80 Å². The third kappa shape index (κ3) is 5.16. The number of carbonyl (C=O) groups is 2. The van der Waals surface area contributed by atoms with Gasteiger partial charge in [-0.2, -0.15) is 18.3 Å². The highest BCUT2D eigenvalue weighted by atomic mass is 19.4. The molecule has 0 radical (unpaired) electrons. The Kier molecular flexibility index (Phi) is 6.67. The zero-order valence-electron chi connectivity index (χ0n) is 17.9. The van der Waals surface area contributed by atoms with Crippen LogP contribution in [0.2, 0.25) is 0 Å². The van der Waals surface area contributed by atoms with Gasteiger partial charge in [-0.3, -0.25) is 9.59 Å². The van der Waals surface area contributed by atoms with E-state index >= 15 is 0 Å². The Balaban J connectivity index is 1.71. The molecule has 0 bridgehead atoms. The number of rotatable bonds is 6. The molecule has 6 nitrogen and oxygen atoms in total. The number of aromatic nitrogens is 2. The summed E-state index contributed by atoms with van der Waals surface area (Å²) in [6.07, 6.45) is -3.29. The lowest BCUT2D eigenvalue weighted by Gasteiger charge is -2.21. The Morgan fingerprint density at radius 2 is 1.47 bits per heavy atom. The van der Waals surface area contributed by atoms with E-state index in [1.165, 1.54) is 11.1 Å². The standard InChI is InChI=1S/C23H23F3N4O2/c1-4-29(15-16-5-7-17(8-6-16)21(31)28(2)3)22(32)18-9-11-19(12-10-18)30-14-13-20(27-30)23(24,25)26/h5-14H,4,15H2,1-3H3. The van der Waals surface area contributed by atoms with Gasteiger partial charge in [0.2, 0.25) is 0 Å². The summed E-state index contributed by atoms with van der Waals surface area (Å²) in [6, 6.07) is 14.2. The van der Waals surface area contributed by atoms with Crippen LogP contribution in [-0.4, -0.2) is 52.0 Å². The average molecular weight is 444 g/mol. The summed E-state index contributed by atoms with van der Waals surface area (Å²) < 4.78 is 39.4. The molecule has 9 heteroatoms. The molecular formula is C23H23F3N4O2. The van der Waals surface area contributed by atoms with Crippen molar-refractivity contribution in [2.75, 3.05) is 20.6 Å². The molecule has 2 amide bonds. The van der Waals surface area contributed by atoms with E-state index < -0.39 is 11.9 Å². The number of benzene rings is 2. The lowest BCUT2D eigenvalue weighted by atomic mass is 10.1. The third-order valence-electron chi connectivity index (χ3n) is 4.91. The van der Waals surface area contributed by atoms with Crippen molar-refractivity contribution in [3.05, 3.63) is 83.2 Å². The SMILES string of the molecule is CCN(Cc1ccc(C(=O)N(C)C)cc1)C(=O)c1ccc(-n2ccc(C(F)(F)F)n2)cc1. The maximum absolute atomic E-state index is 12.9. The van der Waals surface area contributed by atoms with Crippen LogP contribution < -0.4 is 0 Å². The normalized spacial score (nSPS) is 11.3. The van der Waals surface area contributed by atoms with Crippen LogP contribution in [0.25, 0.3) is 5.69 Å². The van der Waals surface area contributed by atoms with Gasteiger partial charge in [0.05, 0.1) is 5.69 Å². The molecule has 0 aliphatic heterocycles. The van der Waals surface area contributed by atoms with Crippen LogP contribution in [0.3, 0.4) is 0 Å². The minimum Gasteiger partial charge on any atom is -0.345 e. The van der Waals surface area contributed by atoms with Gasteiger partial charge in [-0.05, 0) is 55.0 Å². The van der Waals surface area contributed by atoms with Crippen LogP contribution >= 0.6 is 0 Å². The van der Waals surface area contributed by atoms with Gasteiger partial charge in [0, 0.05) is 44.5 Å². The highest BCUT2D eigenvalue weighted by molar-refractivity contribution is 5.95. The Bertz CT molecular complexity index is 1090. The minimum absolute atomic E-state index is 0.0976. The summed E-state index contributed by atoms with van der Waals surface area (Å²) in [7, 11) is 3.36. The molecule has 0 fully saturated rings. The fraction of sp³-hybridized carbons (Fsp3) is 0.261. The molecule has 0 spiro atoms. The summed E-state index contributed by atoms with van der Waals surface area (Å²) in [4.78, 5) is 28.1. The first-order chi connectivity index (χ1) is 15.1. The van der Waals surface area contributed by atoms with Crippen molar-refractivity contribution in [2.24, 2.45) is 0 Å². The Morgan fingerprint density at radius 1 is 0.906 bits per heavy atom. The Labute approximate surface area is 183 Å². The first-order valence-electron chi connectivity index (χ1n) is 9.93. The zero-order chi connectivity index (χ0) is 23.5. The third-order valence-corrected chi connectivity index (χ3v) is 4.91. The lowest BCUT2D eigenvalue weighted by molar-refractivity contribution is -0.141. The van der Waals surface area contributed by atoms with E-state index in [4.69, 9.17) is 0 Å². The van der Waals surface area contributed by atoms with Gasteiger partial charge in [-0.15, -0.1) is 0 Å². The highest BCUT2D eigenvalue weighted by Gasteiger charge is 2.33. The van der Waals surface area contributed by atoms with Crippen molar-refractivity contribution in [2.45, 2.75) is 19.6 Å². The number of carbonyl (C=O) groups excluding carboxylic acids is 2. The molecule has 1 heterocycles. The second-order valence-electron chi connectivity index (χ2n) is 7.41. The number of hydrogen-bond acceptors (Lipinski definition) is 3. The molecule has 0 aliphatic carbocycles. The second kappa shape index (κ2) is 9.25. The molecule has 0 saturated heterocycles. The molecule has 32 heavy (non-hydrogen) atoms. The molecule has 0 aliphatic rings. The fourth-order valence-corrected chi connectivity index (χ4v) is 3.12. The average Bonchev–Trinajstić information content (AvgIpc) is 3.28. The van der Waals surface area contributed by atoms with E-state index in [2.05, 4.69) is 5.10 Å². The molecule has 3 rings (SSSR count). The molecule has 0 unspecified atom stereocenters. The van der Waals surface area contributed by atoms with Crippen LogP contribution in [0.1, 0.15) is 38.9 Å². The topological polar surface area (TPSA) is 58.4 Å². The first-order valence-corrected chi connectivity index (χ1v) is 9.93. The molecule has 3 aromatic rings. The van der Waals surface area contributed by atoms with Gasteiger partial charge >= 0.3 is 6.18 Å². The first kappa shape index (κ1) is 23.1. The van der Waals surface area contributed by atoms with E-state index in [1.807, 2.05) is 19.1 Å². The summed E-state index contributed by atoms with van der Waals surface area (Å²) in [6.45, 7) is 2.69. The second-order valence-corrected chi connectivity index (χ2v) is 7.41. The number of amides is 2. The molecule has 1 aromatic heterocycles. The molecule has 0 saturated carbocycles. The number of hydrogen-bond donors (Lipinski definition) is 0. The molecule has 0 N–H and O–H groups in total. The minimum atomic E-state index is -4.51. The van der Waals surface area contributed by atoms with Gasteiger partial charge in [0.15, 0.2) is 5.69 Å². The Morgan fingerprint density at radius 3 is 1.97 bits per heavy atom. The highest BCUT2D eigenvalue weighted by Crippen LogP contribution is 2.28. The number of halogens is 3. The quantitative estimate of drug-likeness (QED) is 0.571. The smallest absolute Gasteiger partial charge is 0.345 e. The van der Waals surface area contributed by atoms with Gasteiger partial charge in [0.25, 0.3) is 11.8 Å². The Hall–Kier alpha value is -3.62. The summed E-state index contributed by atoms with van der Waals surface area (Å²) >= 11 is 0. The molecule has 2 aromatic carbocycles. The molecule has 168 valence electrons. The predicted molar refractivity (Wildman–Crippen MR) is 113 cm³/mol. The van der Waals surface area contributed by atoms with Crippen molar-refractivity contribution < 1.29 is 22.8 Å². The van der Waals surface area contributed by atoms with Crippen molar-refractivity contribution in [3.63, 3.8) is 0 Å². The van der Waals surface area contributed by atoms with Crippen molar-refractivity contribution >= 4 is 11.8 Å². The fourth-order valence-electron chi connectivity index (χ4n) is 3.12. The van der Waals surface area contributed by atoms with E-state index in [1.54, 1.807) is 55.4 Å². The predicted octanol–water partition coefficient (Wildman–Crippen LogP) is 4.26. The van der Waals surface area contributed by atoms with Gasteiger partial charge in [0.1, 0.15) is 0 Å². The number of nitrogens with zero attached hydrogens (tertiary/aromatic N) is 4. The molecular weight excluding hydrogens is 421 g/mol. The van der Waals surface area contributed by atoms with Crippen molar-refractivity contribution in [1.82, 2.24) is 19.6 Å². The van der Waals surface area contributed by atoms with Crippen LogP contribution in [-0.2, 0) is 12.7 Å². The van der Waals surface area contributed by atoms with Crippen LogP contribution in [0.5, 0.6) is 0 Å². The number of alkyl halides is 3. The van der Waals surface area contributed by atoms with Crippen LogP contribution in [0, 0.1) is 0 Å². The van der Waals surface area contributed by atoms with E-state index in [0.717, 1.165) is 16.3 Å². The van der Waals surface area contributed by atoms with E-state index in [9.17, 15) is 22.8 Å². The van der Waals surface area contributed by atoms with Gasteiger partial charge in [-0.1, -0.05) is 12.1 Å². The van der Waals surface area contributed by atoms with Crippen molar-refractivity contribution in [1.29, 1.82) is 0 Å². The van der Waals surface area contributed by atoms with Crippen LogP contribution in [0.15, 0.2) is 60.8 Å². The molecule has 0 atom stereocenters. The largest absolute Gasteiger partial charge is 0.435 e. The summed E-state index contributed by atoms with van der Waals surface area (Å²) in [5.41, 5.74) is 1.30. The van der Waals surface area contributed by atoms with Gasteiger partial charge in [-0.25, -0.2) is 4.68 Å². The zero-order valence-corrected chi connectivity index (χ0v) is 17.9. The van der Waals surface area contributed by atoms with Crippen LogP contribution in [0.4, 0.5) is 13.2 Å². The van der Waals surface area contributed by atoms with E-state index in [0.29, 0.717) is 29.9 Å². The van der Waals surface area contributed by atoms with E-state index in [-0.39, 0.29) is 11.8 Å². The summed E-state index contributed by atoms with van der Waals surface area (Å²) in [5, 5.41) is 3.53. The maximum atomic E-state index is 12.9. The van der Waals surface area contributed by atoms with Crippen molar-refractivity contribution in [3.8, 4) is 5.69 Å². The summed E-state index contributed by atoms with van der Waals surface area (Å²) in [5.74, 6) is -0.302. The maximum Gasteiger partial charge on any atom is 0.435 e.